The van der Waals surface area contributed by atoms with E-state index in [0.717, 1.165) is 5.69 Å². The van der Waals surface area contributed by atoms with Crippen molar-refractivity contribution in [3.8, 4) is 0 Å². The van der Waals surface area contributed by atoms with E-state index in [2.05, 4.69) is 10.2 Å². The van der Waals surface area contributed by atoms with Gasteiger partial charge in [0.25, 0.3) is 0 Å². The molecule has 3 amide bonds. The largest absolute Gasteiger partial charge is 0.367 e. The molecule has 1 aliphatic rings. The summed E-state index contributed by atoms with van der Waals surface area (Å²) in [6.07, 6.45) is 0. The normalized spacial score (nSPS) is 16.3. The Labute approximate surface area is 141 Å². The number of carbonyl (C=O) groups excluding carboxylic acids is 2. The van der Waals surface area contributed by atoms with E-state index in [9.17, 15) is 9.59 Å². The topological polar surface area (TPSA) is 78.7 Å². The van der Waals surface area contributed by atoms with E-state index in [1.165, 1.54) is 0 Å². The minimum atomic E-state index is -0.674. The van der Waals surface area contributed by atoms with Crippen LogP contribution in [-0.2, 0) is 4.79 Å². The number of amides is 3. The molecule has 3 N–H and O–H groups in total. The lowest BCUT2D eigenvalue weighted by atomic mass is 10.0. The third-order valence-electron chi connectivity index (χ3n) is 4.01. The second-order valence-electron chi connectivity index (χ2n) is 5.99. The number of urea groups is 1. The highest BCUT2D eigenvalue weighted by atomic mass is 35.5. The SMILES string of the molecule is CC(C)[C@@H](NC(N)=O)C(=O)N1CCN(c2ccccc2Cl)CC1. The number of nitrogens with one attached hydrogen (secondary N) is 1. The quantitative estimate of drug-likeness (QED) is 0.876. The van der Waals surface area contributed by atoms with Gasteiger partial charge in [-0.15, -0.1) is 0 Å². The van der Waals surface area contributed by atoms with Gasteiger partial charge in [0.2, 0.25) is 5.91 Å². The summed E-state index contributed by atoms with van der Waals surface area (Å²) < 4.78 is 0. The van der Waals surface area contributed by atoms with Gasteiger partial charge < -0.3 is 20.9 Å². The highest BCUT2D eigenvalue weighted by Crippen LogP contribution is 2.26. The van der Waals surface area contributed by atoms with Crippen LogP contribution in [-0.4, -0.2) is 49.1 Å². The van der Waals surface area contributed by atoms with Crippen LogP contribution in [0.5, 0.6) is 0 Å². The lowest BCUT2D eigenvalue weighted by molar-refractivity contribution is -0.134. The van der Waals surface area contributed by atoms with Crippen molar-refractivity contribution in [3.05, 3.63) is 29.3 Å². The Kier molecular flexibility index (Phi) is 5.71. The zero-order valence-corrected chi connectivity index (χ0v) is 14.2. The molecule has 0 bridgehead atoms. The van der Waals surface area contributed by atoms with Gasteiger partial charge in [-0.1, -0.05) is 37.6 Å². The fraction of sp³-hybridized carbons (Fsp3) is 0.500. The molecule has 2 rings (SSSR count). The third-order valence-corrected chi connectivity index (χ3v) is 4.33. The lowest BCUT2D eigenvalue weighted by Gasteiger charge is -2.38. The highest BCUT2D eigenvalue weighted by Gasteiger charge is 2.30. The first kappa shape index (κ1) is 17.4. The van der Waals surface area contributed by atoms with Crippen molar-refractivity contribution in [1.29, 1.82) is 0 Å². The number of rotatable bonds is 4. The molecule has 7 heteroatoms. The van der Waals surface area contributed by atoms with E-state index < -0.39 is 12.1 Å². The molecule has 1 aliphatic heterocycles. The zero-order valence-electron chi connectivity index (χ0n) is 13.5. The van der Waals surface area contributed by atoms with Crippen LogP contribution in [0.25, 0.3) is 0 Å². The third kappa shape index (κ3) is 4.28. The Bertz CT molecular complexity index is 571. The molecule has 0 radical (unpaired) electrons. The van der Waals surface area contributed by atoms with Gasteiger partial charge in [0, 0.05) is 26.2 Å². The maximum absolute atomic E-state index is 12.6. The number of nitrogens with two attached hydrogens (primary N) is 1. The molecule has 1 saturated heterocycles. The average molecular weight is 339 g/mol. The van der Waals surface area contributed by atoms with Gasteiger partial charge in [-0.3, -0.25) is 4.79 Å². The van der Waals surface area contributed by atoms with Crippen LogP contribution in [0.2, 0.25) is 5.02 Å². The monoisotopic (exact) mass is 338 g/mol. The molecule has 6 nitrogen and oxygen atoms in total. The molecule has 23 heavy (non-hydrogen) atoms. The molecule has 0 unspecified atom stereocenters. The highest BCUT2D eigenvalue weighted by molar-refractivity contribution is 6.33. The van der Waals surface area contributed by atoms with E-state index in [1.807, 2.05) is 38.1 Å². The van der Waals surface area contributed by atoms with Crippen molar-refractivity contribution >= 4 is 29.2 Å². The summed E-state index contributed by atoms with van der Waals surface area (Å²) in [5, 5.41) is 3.25. The van der Waals surface area contributed by atoms with E-state index in [-0.39, 0.29) is 11.8 Å². The Morgan fingerprint density at radius 2 is 1.78 bits per heavy atom. The van der Waals surface area contributed by atoms with Crippen molar-refractivity contribution < 1.29 is 9.59 Å². The number of carbonyl (C=O) groups is 2. The van der Waals surface area contributed by atoms with Crippen molar-refractivity contribution in [2.45, 2.75) is 19.9 Å². The van der Waals surface area contributed by atoms with Gasteiger partial charge in [-0.05, 0) is 18.1 Å². The average Bonchev–Trinajstić information content (AvgIpc) is 2.52. The van der Waals surface area contributed by atoms with E-state index in [0.29, 0.717) is 31.2 Å². The van der Waals surface area contributed by atoms with Crippen LogP contribution < -0.4 is 16.0 Å². The van der Waals surface area contributed by atoms with Crippen molar-refractivity contribution in [2.24, 2.45) is 11.7 Å². The first-order valence-corrected chi connectivity index (χ1v) is 8.12. The Hall–Kier alpha value is -1.95. The molecule has 126 valence electrons. The molecule has 0 aliphatic carbocycles. The molecule has 1 aromatic rings. The van der Waals surface area contributed by atoms with Gasteiger partial charge in [-0.25, -0.2) is 4.79 Å². The van der Waals surface area contributed by atoms with Crippen LogP contribution in [0.3, 0.4) is 0 Å². The number of hydrogen-bond donors (Lipinski definition) is 2. The molecule has 1 fully saturated rings. The number of halogens is 1. The Morgan fingerprint density at radius 3 is 2.30 bits per heavy atom. The molecule has 1 atom stereocenters. The number of hydrogen-bond acceptors (Lipinski definition) is 3. The summed E-state index contributed by atoms with van der Waals surface area (Å²) in [6, 6.07) is 6.43. The summed E-state index contributed by atoms with van der Waals surface area (Å²) in [5.41, 5.74) is 6.15. The summed E-state index contributed by atoms with van der Waals surface area (Å²) in [4.78, 5) is 27.6. The zero-order chi connectivity index (χ0) is 17.0. The molecule has 1 aromatic carbocycles. The number of benzene rings is 1. The van der Waals surface area contributed by atoms with Crippen LogP contribution in [0.15, 0.2) is 24.3 Å². The van der Waals surface area contributed by atoms with Crippen molar-refractivity contribution in [3.63, 3.8) is 0 Å². The fourth-order valence-electron chi connectivity index (χ4n) is 2.74. The Morgan fingerprint density at radius 1 is 1.17 bits per heavy atom. The Balaban J connectivity index is 1.99. The number of primary amides is 1. The fourth-order valence-corrected chi connectivity index (χ4v) is 2.99. The minimum absolute atomic E-state index is 0.0170. The molecule has 0 spiro atoms. The number of anilines is 1. The van der Waals surface area contributed by atoms with Gasteiger partial charge in [-0.2, -0.15) is 0 Å². The molecule has 0 saturated carbocycles. The standard InChI is InChI=1S/C16H23ClN4O2/c1-11(2)14(19-16(18)23)15(22)21-9-7-20(8-10-21)13-6-4-3-5-12(13)17/h3-6,11,14H,7-10H2,1-2H3,(H3,18,19,23)/t14-/m1/s1. The second kappa shape index (κ2) is 7.55. The van der Waals surface area contributed by atoms with Gasteiger partial charge in [0.1, 0.15) is 6.04 Å². The van der Waals surface area contributed by atoms with Crippen LogP contribution in [0.1, 0.15) is 13.8 Å². The second-order valence-corrected chi connectivity index (χ2v) is 6.40. The maximum Gasteiger partial charge on any atom is 0.312 e. The molecular formula is C16H23ClN4O2. The predicted molar refractivity (Wildman–Crippen MR) is 91.6 cm³/mol. The van der Waals surface area contributed by atoms with Crippen LogP contribution in [0, 0.1) is 5.92 Å². The lowest BCUT2D eigenvalue weighted by Crippen LogP contribution is -2.57. The smallest absolute Gasteiger partial charge is 0.312 e. The van der Waals surface area contributed by atoms with Gasteiger partial charge in [0.15, 0.2) is 0 Å². The summed E-state index contributed by atoms with van der Waals surface area (Å²) in [6.45, 7) is 6.37. The summed E-state index contributed by atoms with van der Waals surface area (Å²) in [5.74, 6) is -0.103. The van der Waals surface area contributed by atoms with E-state index in [1.54, 1.807) is 4.90 Å². The van der Waals surface area contributed by atoms with Gasteiger partial charge in [0.05, 0.1) is 10.7 Å². The summed E-state index contributed by atoms with van der Waals surface area (Å²) in [7, 11) is 0. The molecule has 0 aromatic heterocycles. The van der Waals surface area contributed by atoms with Crippen molar-refractivity contribution in [1.82, 2.24) is 10.2 Å². The molecular weight excluding hydrogens is 316 g/mol. The van der Waals surface area contributed by atoms with Crippen LogP contribution in [0.4, 0.5) is 10.5 Å². The van der Waals surface area contributed by atoms with Gasteiger partial charge >= 0.3 is 6.03 Å². The van der Waals surface area contributed by atoms with Crippen LogP contribution >= 0.6 is 11.6 Å². The minimum Gasteiger partial charge on any atom is -0.367 e. The number of para-hydroxylation sites is 1. The van der Waals surface area contributed by atoms with Crippen molar-refractivity contribution in [2.75, 3.05) is 31.1 Å². The maximum atomic E-state index is 12.6. The summed E-state index contributed by atoms with van der Waals surface area (Å²) >= 11 is 6.22. The van der Waals surface area contributed by atoms with E-state index >= 15 is 0 Å². The first-order chi connectivity index (χ1) is 10.9. The van der Waals surface area contributed by atoms with E-state index in [4.69, 9.17) is 17.3 Å². The first-order valence-electron chi connectivity index (χ1n) is 7.74. The number of piperazine rings is 1. The number of nitrogens with zero attached hydrogens (tertiary/aromatic N) is 2. The predicted octanol–water partition coefficient (Wildman–Crippen LogP) is 1.68. The molecule has 1 heterocycles.